The molecule has 1 nitrogen and oxygen atoms in total. The van der Waals surface area contributed by atoms with E-state index >= 15 is 0 Å². The van der Waals surface area contributed by atoms with Crippen molar-refractivity contribution in [2.24, 2.45) is 0 Å². The van der Waals surface area contributed by atoms with Gasteiger partial charge in [0, 0.05) is 13.2 Å². The van der Waals surface area contributed by atoms with Crippen LogP contribution in [0.25, 0.3) is 46.6 Å². The highest BCUT2D eigenvalue weighted by Crippen LogP contribution is 2.38. The van der Waals surface area contributed by atoms with Gasteiger partial charge in [-0.2, -0.15) is 0 Å². The molecule has 0 spiro atoms. The van der Waals surface area contributed by atoms with Crippen molar-refractivity contribution in [1.82, 2.24) is 5.32 Å². The third-order valence-electron chi connectivity index (χ3n) is 5.10. The maximum absolute atomic E-state index is 4.11. The van der Waals surface area contributed by atoms with Gasteiger partial charge in [0.05, 0.1) is 0 Å². The Bertz CT molecular complexity index is 1070. The molecule has 0 radical (unpaired) electrons. The molecule has 0 saturated carbocycles. The summed E-state index contributed by atoms with van der Waals surface area (Å²) in [5, 5.41) is 3.13. The van der Waals surface area contributed by atoms with Gasteiger partial charge in [-0.3, -0.25) is 0 Å². The van der Waals surface area contributed by atoms with Crippen LogP contribution in [-0.2, 0) is 0 Å². The lowest BCUT2D eigenvalue weighted by atomic mass is 9.84. The van der Waals surface area contributed by atoms with Gasteiger partial charge in [0.25, 0.3) is 0 Å². The van der Waals surface area contributed by atoms with Crippen LogP contribution in [0.3, 0.4) is 0 Å². The number of allylic oxidation sites excluding steroid dienone is 4. The summed E-state index contributed by atoms with van der Waals surface area (Å²) >= 11 is 0. The molecule has 0 aliphatic rings. The lowest BCUT2D eigenvalue weighted by Gasteiger charge is -2.19. The van der Waals surface area contributed by atoms with Gasteiger partial charge >= 0.3 is 0 Å². The maximum Gasteiger partial charge on any atom is 0.00413 e. The van der Waals surface area contributed by atoms with Crippen LogP contribution in [0.15, 0.2) is 75.5 Å². The predicted octanol–water partition coefficient (Wildman–Crippen LogP) is 8.10. The van der Waals surface area contributed by atoms with Gasteiger partial charge in [0.2, 0.25) is 0 Å². The van der Waals surface area contributed by atoms with E-state index in [2.05, 4.69) is 68.6 Å². The molecular weight excluding hydrogens is 362 g/mol. The Kier molecular flexibility index (Phi) is 7.77. The van der Waals surface area contributed by atoms with Crippen LogP contribution in [0.1, 0.15) is 47.2 Å². The Labute approximate surface area is 181 Å². The molecule has 2 rings (SSSR count). The van der Waals surface area contributed by atoms with Crippen molar-refractivity contribution in [3.8, 4) is 11.1 Å². The fourth-order valence-corrected chi connectivity index (χ4v) is 3.80. The molecule has 2 aromatic rings. The summed E-state index contributed by atoms with van der Waals surface area (Å²) in [5.74, 6) is 0. The maximum atomic E-state index is 4.11. The molecule has 1 N–H and O–H groups in total. The number of nitrogens with one attached hydrogen (secondary N) is 1. The first-order valence-electron chi connectivity index (χ1n) is 9.99. The fraction of sp³-hybridized carbons (Fsp3) is 0.103. The van der Waals surface area contributed by atoms with E-state index in [4.69, 9.17) is 0 Å². The van der Waals surface area contributed by atoms with Crippen LogP contribution in [-0.4, -0.2) is 7.05 Å². The van der Waals surface area contributed by atoms with Gasteiger partial charge in [-0.05, 0) is 63.9 Å². The molecule has 152 valence electrons. The van der Waals surface area contributed by atoms with Gasteiger partial charge in [-0.25, -0.2) is 0 Å². The average molecular weight is 394 g/mol. The zero-order valence-electron chi connectivity index (χ0n) is 18.4. The molecule has 2 aromatic carbocycles. The van der Waals surface area contributed by atoms with Crippen molar-refractivity contribution in [2.75, 3.05) is 7.05 Å². The quantitative estimate of drug-likeness (QED) is 0.424. The summed E-state index contributed by atoms with van der Waals surface area (Å²) in [6, 6.07) is 8.50. The molecule has 0 aliphatic carbocycles. The molecule has 0 saturated heterocycles. The third kappa shape index (κ3) is 4.21. The molecule has 0 unspecified atom stereocenters. The highest BCUT2D eigenvalue weighted by atomic mass is 14.8. The molecule has 1 heteroatoms. The van der Waals surface area contributed by atoms with E-state index in [9.17, 15) is 0 Å². The SMILES string of the molecule is C=Cc1c(C(=C)C)ccc(-c2ccc(C(/C=C\C)=C/NC)c(C=C)c2C=C)c1C=C. The van der Waals surface area contributed by atoms with Gasteiger partial charge in [-0.1, -0.05) is 99.2 Å². The van der Waals surface area contributed by atoms with Crippen molar-refractivity contribution < 1.29 is 0 Å². The normalized spacial score (nSPS) is 11.2. The van der Waals surface area contributed by atoms with Crippen molar-refractivity contribution in [3.05, 3.63) is 109 Å². The van der Waals surface area contributed by atoms with Crippen molar-refractivity contribution in [1.29, 1.82) is 0 Å². The summed E-state index contributed by atoms with van der Waals surface area (Å²) in [4.78, 5) is 0. The van der Waals surface area contributed by atoms with Crippen LogP contribution in [0.2, 0.25) is 0 Å². The number of benzene rings is 2. The molecule has 0 heterocycles. The molecular formula is C29H31N. The summed E-state index contributed by atoms with van der Waals surface area (Å²) in [7, 11) is 1.90. The van der Waals surface area contributed by atoms with E-state index in [-0.39, 0.29) is 0 Å². The largest absolute Gasteiger partial charge is 0.393 e. The standard InChI is InChI=1S/C29H31N/c1-9-14-21(19-30-8)27-16-18-29(25(13-5)23(27)11-3)28-17-15-26(20(6)7)22(10-2)24(28)12-4/h9-19,30H,2-6H2,1,7-8H3/b14-9-,21-19+. The Balaban J connectivity index is 2.91. The summed E-state index contributed by atoms with van der Waals surface area (Å²) in [5.41, 5.74) is 10.6. The van der Waals surface area contributed by atoms with E-state index in [1.807, 2.05) is 57.5 Å². The van der Waals surface area contributed by atoms with Crippen LogP contribution in [0.5, 0.6) is 0 Å². The van der Waals surface area contributed by atoms with E-state index in [0.717, 1.165) is 55.7 Å². The second-order valence-electron chi connectivity index (χ2n) is 6.96. The topological polar surface area (TPSA) is 12.0 Å². The molecule has 0 bridgehead atoms. The van der Waals surface area contributed by atoms with Crippen LogP contribution in [0.4, 0.5) is 0 Å². The molecule has 30 heavy (non-hydrogen) atoms. The lowest BCUT2D eigenvalue weighted by Crippen LogP contribution is -2.00. The summed E-state index contributed by atoms with van der Waals surface area (Å²) < 4.78 is 0. The Hall–Kier alpha value is -3.58. The predicted molar refractivity (Wildman–Crippen MR) is 139 cm³/mol. The molecule has 0 fully saturated rings. The first-order chi connectivity index (χ1) is 14.5. The Morgan fingerprint density at radius 1 is 0.767 bits per heavy atom. The molecule has 0 atom stereocenters. The zero-order chi connectivity index (χ0) is 22.3. The average Bonchev–Trinajstić information content (AvgIpc) is 2.76. The third-order valence-corrected chi connectivity index (χ3v) is 5.10. The number of hydrogen-bond donors (Lipinski definition) is 1. The number of hydrogen-bond acceptors (Lipinski definition) is 1. The molecule has 0 aliphatic heterocycles. The van der Waals surface area contributed by atoms with Gasteiger partial charge in [-0.15, -0.1) is 0 Å². The minimum absolute atomic E-state index is 0.999. The first-order valence-corrected chi connectivity index (χ1v) is 9.99. The van der Waals surface area contributed by atoms with Gasteiger partial charge < -0.3 is 5.32 Å². The monoisotopic (exact) mass is 393 g/mol. The van der Waals surface area contributed by atoms with Gasteiger partial charge in [0.1, 0.15) is 0 Å². The van der Waals surface area contributed by atoms with Crippen LogP contribution in [0, 0.1) is 0 Å². The minimum Gasteiger partial charge on any atom is -0.393 e. The van der Waals surface area contributed by atoms with Crippen molar-refractivity contribution >= 4 is 35.5 Å². The smallest absolute Gasteiger partial charge is 0.00413 e. The second-order valence-corrected chi connectivity index (χ2v) is 6.96. The van der Waals surface area contributed by atoms with Crippen LogP contribution < -0.4 is 5.32 Å². The van der Waals surface area contributed by atoms with Gasteiger partial charge in [0.15, 0.2) is 0 Å². The van der Waals surface area contributed by atoms with E-state index in [1.165, 1.54) is 0 Å². The number of rotatable bonds is 9. The Morgan fingerprint density at radius 3 is 1.63 bits per heavy atom. The second kappa shape index (κ2) is 10.3. The van der Waals surface area contributed by atoms with Crippen molar-refractivity contribution in [3.63, 3.8) is 0 Å². The molecule has 0 amide bonds. The highest BCUT2D eigenvalue weighted by Gasteiger charge is 2.17. The lowest BCUT2D eigenvalue weighted by molar-refractivity contribution is 1.11. The first kappa shape index (κ1) is 22.7. The summed E-state index contributed by atoms with van der Waals surface area (Å²) in [6.07, 6.45) is 13.7. The van der Waals surface area contributed by atoms with E-state index < -0.39 is 0 Å². The fourth-order valence-electron chi connectivity index (χ4n) is 3.80. The van der Waals surface area contributed by atoms with E-state index in [0.29, 0.717) is 0 Å². The highest BCUT2D eigenvalue weighted by molar-refractivity contribution is 5.93. The Morgan fingerprint density at radius 2 is 1.23 bits per heavy atom. The van der Waals surface area contributed by atoms with Crippen molar-refractivity contribution in [2.45, 2.75) is 13.8 Å². The minimum atomic E-state index is 0.999. The zero-order valence-corrected chi connectivity index (χ0v) is 18.4. The summed E-state index contributed by atoms with van der Waals surface area (Å²) in [6.45, 7) is 24.4. The molecule has 0 aromatic heterocycles. The van der Waals surface area contributed by atoms with Crippen LogP contribution >= 0.6 is 0 Å². The van der Waals surface area contributed by atoms with E-state index in [1.54, 1.807) is 0 Å².